The maximum absolute atomic E-state index is 12.5. The maximum atomic E-state index is 12.5. The minimum absolute atomic E-state index is 0.0815. The predicted octanol–water partition coefficient (Wildman–Crippen LogP) is 2.99. The second-order valence-corrected chi connectivity index (χ2v) is 6.27. The average molecular weight is 353 g/mol. The van der Waals surface area contributed by atoms with Crippen LogP contribution in [0.5, 0.6) is 5.75 Å². The number of nitrogens with one attached hydrogen (secondary N) is 1. The molecule has 0 radical (unpaired) electrons. The lowest BCUT2D eigenvalue weighted by Crippen LogP contribution is -2.35. The van der Waals surface area contributed by atoms with E-state index >= 15 is 0 Å². The van der Waals surface area contributed by atoms with Crippen molar-refractivity contribution in [3.8, 4) is 5.75 Å². The summed E-state index contributed by atoms with van der Waals surface area (Å²) in [5, 5.41) is 2.90. The minimum atomic E-state index is -0.184. The van der Waals surface area contributed by atoms with Gasteiger partial charge in [0.05, 0.1) is 17.9 Å². The Kier molecular flexibility index (Phi) is 5.53. The molecule has 1 amide bonds. The Morgan fingerprint density at radius 1 is 1.27 bits per heavy atom. The molecule has 3 aromatic rings. The summed E-state index contributed by atoms with van der Waals surface area (Å²) >= 11 is 0. The molecule has 0 saturated heterocycles. The van der Waals surface area contributed by atoms with Gasteiger partial charge in [-0.25, -0.2) is 4.98 Å². The first-order chi connectivity index (χ1) is 12.6. The summed E-state index contributed by atoms with van der Waals surface area (Å²) in [6.07, 6.45) is 3.89. The molecule has 3 rings (SSSR count). The number of imidazole rings is 1. The Balaban J connectivity index is 1.73. The fraction of sp³-hybridized carbons (Fsp3) is 0.300. The number of rotatable bonds is 7. The lowest BCUT2D eigenvalue weighted by Gasteiger charge is -2.15. The number of ether oxygens (including phenoxy) is 2. The summed E-state index contributed by atoms with van der Waals surface area (Å²) in [5.41, 5.74) is 3.31. The number of methoxy groups -OCH3 is 1. The Hall–Kier alpha value is -2.86. The van der Waals surface area contributed by atoms with E-state index in [1.165, 1.54) is 0 Å². The summed E-state index contributed by atoms with van der Waals surface area (Å²) in [4.78, 5) is 17.1. The van der Waals surface area contributed by atoms with Crippen LogP contribution in [0.4, 0.5) is 0 Å². The number of hydrogen-bond donors (Lipinski definition) is 1. The molecule has 1 unspecified atom stereocenters. The van der Waals surface area contributed by atoms with Crippen LogP contribution < -0.4 is 10.1 Å². The molecule has 136 valence electrons. The number of carbonyl (C=O) groups is 1. The van der Waals surface area contributed by atoms with E-state index in [0.29, 0.717) is 24.5 Å². The zero-order chi connectivity index (χ0) is 18.5. The third-order valence-corrected chi connectivity index (χ3v) is 4.03. The van der Waals surface area contributed by atoms with E-state index in [2.05, 4.69) is 10.3 Å². The van der Waals surface area contributed by atoms with Crippen molar-refractivity contribution in [2.45, 2.75) is 26.5 Å². The van der Waals surface area contributed by atoms with Crippen LogP contribution in [0.3, 0.4) is 0 Å². The van der Waals surface area contributed by atoms with Crippen LogP contribution in [0.25, 0.3) is 5.65 Å². The average Bonchev–Trinajstić information content (AvgIpc) is 3.05. The van der Waals surface area contributed by atoms with Crippen LogP contribution in [0.2, 0.25) is 0 Å². The highest BCUT2D eigenvalue weighted by molar-refractivity contribution is 5.97. The van der Waals surface area contributed by atoms with E-state index in [0.717, 1.165) is 16.9 Å². The lowest BCUT2D eigenvalue weighted by molar-refractivity contribution is 0.0901. The number of benzene rings is 1. The first-order valence-corrected chi connectivity index (χ1v) is 8.53. The van der Waals surface area contributed by atoms with Crippen LogP contribution in [-0.2, 0) is 11.3 Å². The molecule has 0 saturated carbocycles. The van der Waals surface area contributed by atoms with Gasteiger partial charge >= 0.3 is 0 Å². The molecule has 1 N–H and O–H groups in total. The monoisotopic (exact) mass is 353 g/mol. The molecule has 0 aliphatic carbocycles. The number of fused-ring (bicyclic) bond motifs is 1. The molecule has 2 aromatic heterocycles. The van der Waals surface area contributed by atoms with Crippen LogP contribution in [0, 0.1) is 6.92 Å². The third kappa shape index (κ3) is 4.03. The van der Waals surface area contributed by atoms with E-state index in [-0.39, 0.29) is 11.9 Å². The minimum Gasteiger partial charge on any atom is -0.486 e. The molecule has 0 aliphatic rings. The van der Waals surface area contributed by atoms with Crippen LogP contribution in [0.15, 0.2) is 48.8 Å². The highest BCUT2D eigenvalue weighted by Gasteiger charge is 2.15. The van der Waals surface area contributed by atoms with E-state index in [1.54, 1.807) is 19.2 Å². The lowest BCUT2D eigenvalue weighted by atomic mass is 10.1. The molecular formula is C20H23N3O3. The number of pyridine rings is 1. The standard InChI is InChI=1S/C20H23N3O3/c1-14-7-6-10-23-11-16(22-19(14)23)13-26-18-9-5-4-8-17(18)20(24)21-15(2)12-25-3/h4-11,15H,12-13H2,1-3H3,(H,21,24). The number of amides is 1. The van der Waals surface area contributed by atoms with Gasteiger partial charge in [-0.15, -0.1) is 0 Å². The molecule has 6 nitrogen and oxygen atoms in total. The van der Waals surface area contributed by atoms with Crippen LogP contribution in [0.1, 0.15) is 28.5 Å². The van der Waals surface area contributed by atoms with Gasteiger partial charge in [-0.3, -0.25) is 4.79 Å². The number of hydrogen-bond acceptors (Lipinski definition) is 4. The van der Waals surface area contributed by atoms with Gasteiger partial charge in [-0.2, -0.15) is 0 Å². The van der Waals surface area contributed by atoms with Gasteiger partial charge < -0.3 is 19.2 Å². The van der Waals surface area contributed by atoms with E-state index in [1.807, 2.05) is 54.9 Å². The number of aryl methyl sites for hydroxylation is 1. The number of para-hydroxylation sites is 1. The second kappa shape index (κ2) is 8.01. The zero-order valence-corrected chi connectivity index (χ0v) is 15.2. The first kappa shape index (κ1) is 17.9. The molecular weight excluding hydrogens is 330 g/mol. The fourth-order valence-electron chi connectivity index (χ4n) is 2.80. The van der Waals surface area contributed by atoms with Crippen molar-refractivity contribution >= 4 is 11.6 Å². The Morgan fingerprint density at radius 3 is 2.85 bits per heavy atom. The number of aromatic nitrogens is 2. The Bertz CT molecular complexity index is 904. The van der Waals surface area contributed by atoms with E-state index in [9.17, 15) is 4.79 Å². The number of nitrogens with zero attached hydrogens (tertiary/aromatic N) is 2. The van der Waals surface area contributed by atoms with Crippen molar-refractivity contribution in [3.05, 3.63) is 65.6 Å². The molecule has 2 heterocycles. The van der Waals surface area contributed by atoms with Gasteiger partial charge in [0.25, 0.3) is 5.91 Å². The van der Waals surface area contributed by atoms with Crippen molar-refractivity contribution < 1.29 is 14.3 Å². The van der Waals surface area contributed by atoms with Crippen molar-refractivity contribution in [1.82, 2.24) is 14.7 Å². The van der Waals surface area contributed by atoms with E-state index in [4.69, 9.17) is 9.47 Å². The topological polar surface area (TPSA) is 64.9 Å². The zero-order valence-electron chi connectivity index (χ0n) is 15.2. The Morgan fingerprint density at radius 2 is 2.08 bits per heavy atom. The summed E-state index contributed by atoms with van der Waals surface area (Å²) in [6.45, 7) is 4.66. The third-order valence-electron chi connectivity index (χ3n) is 4.03. The molecule has 6 heteroatoms. The SMILES string of the molecule is COCC(C)NC(=O)c1ccccc1OCc1cn2cccc(C)c2n1. The number of carbonyl (C=O) groups excluding carboxylic acids is 1. The molecule has 0 spiro atoms. The van der Waals surface area contributed by atoms with E-state index < -0.39 is 0 Å². The van der Waals surface area contributed by atoms with Crippen LogP contribution in [-0.4, -0.2) is 35.1 Å². The predicted molar refractivity (Wildman–Crippen MR) is 99.5 cm³/mol. The van der Waals surface area contributed by atoms with Crippen LogP contribution >= 0.6 is 0 Å². The molecule has 26 heavy (non-hydrogen) atoms. The summed E-state index contributed by atoms with van der Waals surface area (Å²) < 4.78 is 12.9. The van der Waals surface area contributed by atoms with Gasteiger partial charge in [0, 0.05) is 25.5 Å². The Labute approximate surface area is 152 Å². The van der Waals surface area contributed by atoms with Gasteiger partial charge in [0.15, 0.2) is 0 Å². The fourth-order valence-corrected chi connectivity index (χ4v) is 2.80. The van der Waals surface area contributed by atoms with Gasteiger partial charge in [-0.1, -0.05) is 18.2 Å². The quantitative estimate of drug-likeness (QED) is 0.709. The maximum Gasteiger partial charge on any atom is 0.255 e. The first-order valence-electron chi connectivity index (χ1n) is 8.53. The molecule has 1 atom stereocenters. The van der Waals surface area contributed by atoms with Crippen molar-refractivity contribution in [2.75, 3.05) is 13.7 Å². The summed E-state index contributed by atoms with van der Waals surface area (Å²) in [6, 6.07) is 11.1. The smallest absolute Gasteiger partial charge is 0.255 e. The van der Waals surface area contributed by atoms with Crippen molar-refractivity contribution in [2.24, 2.45) is 0 Å². The summed E-state index contributed by atoms with van der Waals surface area (Å²) in [5.74, 6) is 0.347. The molecule has 0 fully saturated rings. The van der Waals surface area contributed by atoms with Gasteiger partial charge in [-0.05, 0) is 37.6 Å². The van der Waals surface area contributed by atoms with Gasteiger partial charge in [0.1, 0.15) is 18.0 Å². The highest BCUT2D eigenvalue weighted by Crippen LogP contribution is 2.20. The normalized spacial score (nSPS) is 12.1. The van der Waals surface area contributed by atoms with Crippen molar-refractivity contribution in [1.29, 1.82) is 0 Å². The summed E-state index contributed by atoms with van der Waals surface area (Å²) in [7, 11) is 1.61. The second-order valence-electron chi connectivity index (χ2n) is 6.27. The van der Waals surface area contributed by atoms with Gasteiger partial charge in [0.2, 0.25) is 0 Å². The molecule has 0 aliphatic heterocycles. The molecule has 1 aromatic carbocycles. The highest BCUT2D eigenvalue weighted by atomic mass is 16.5. The van der Waals surface area contributed by atoms with Crippen molar-refractivity contribution in [3.63, 3.8) is 0 Å². The molecule has 0 bridgehead atoms. The largest absolute Gasteiger partial charge is 0.486 e.